The molecular weight excluding hydrogens is 324 g/mol. The molecule has 0 aliphatic carbocycles. The molecule has 0 atom stereocenters. The molecule has 0 radical (unpaired) electrons. The van der Waals surface area contributed by atoms with Crippen molar-refractivity contribution in [3.63, 3.8) is 0 Å². The number of anilines is 1. The standard InChI is InChI=1S/C22H28N2O2/c1-16(2)14-23-21-12-17(15-26-10-9-25-3)11-19-13-20(24-22(19)21)18-7-5-4-6-8-18/h4-8,11-13,16,23-24H,9-10,14-15H2,1-3H3. The molecule has 0 saturated heterocycles. The van der Waals surface area contributed by atoms with Crippen LogP contribution < -0.4 is 5.32 Å². The number of benzene rings is 2. The highest BCUT2D eigenvalue weighted by Gasteiger charge is 2.10. The zero-order valence-corrected chi connectivity index (χ0v) is 15.8. The van der Waals surface area contributed by atoms with Crippen molar-refractivity contribution in [2.75, 3.05) is 32.2 Å². The first-order valence-electron chi connectivity index (χ1n) is 9.19. The van der Waals surface area contributed by atoms with Gasteiger partial charge < -0.3 is 19.8 Å². The van der Waals surface area contributed by atoms with E-state index in [1.807, 2.05) is 6.07 Å². The van der Waals surface area contributed by atoms with Crippen molar-refractivity contribution >= 4 is 16.6 Å². The van der Waals surface area contributed by atoms with E-state index in [0.29, 0.717) is 25.7 Å². The van der Waals surface area contributed by atoms with Crippen LogP contribution in [0.4, 0.5) is 5.69 Å². The number of hydrogen-bond donors (Lipinski definition) is 2. The molecule has 0 aliphatic rings. The molecule has 2 aromatic carbocycles. The first-order chi connectivity index (χ1) is 12.7. The Bertz CT molecular complexity index is 825. The summed E-state index contributed by atoms with van der Waals surface area (Å²) >= 11 is 0. The van der Waals surface area contributed by atoms with Gasteiger partial charge >= 0.3 is 0 Å². The number of fused-ring (bicyclic) bond motifs is 1. The smallest absolute Gasteiger partial charge is 0.0719 e. The van der Waals surface area contributed by atoms with Crippen molar-refractivity contribution < 1.29 is 9.47 Å². The minimum Gasteiger partial charge on any atom is -0.383 e. The fourth-order valence-electron chi connectivity index (χ4n) is 2.95. The van der Waals surface area contributed by atoms with Crippen LogP contribution in [0.3, 0.4) is 0 Å². The number of ether oxygens (including phenoxy) is 2. The minimum absolute atomic E-state index is 0.579. The first-order valence-corrected chi connectivity index (χ1v) is 9.19. The summed E-state index contributed by atoms with van der Waals surface area (Å²) in [5.41, 5.74) is 5.76. The fourth-order valence-corrected chi connectivity index (χ4v) is 2.95. The molecular formula is C22H28N2O2. The Labute approximate surface area is 155 Å². The molecule has 0 bridgehead atoms. The number of methoxy groups -OCH3 is 1. The van der Waals surface area contributed by atoms with E-state index in [1.165, 1.54) is 16.5 Å². The molecule has 3 rings (SSSR count). The maximum Gasteiger partial charge on any atom is 0.0719 e. The Morgan fingerprint density at radius 3 is 2.58 bits per heavy atom. The summed E-state index contributed by atoms with van der Waals surface area (Å²) in [4.78, 5) is 3.58. The van der Waals surface area contributed by atoms with Crippen LogP contribution in [0, 0.1) is 5.92 Å². The van der Waals surface area contributed by atoms with Gasteiger partial charge in [-0.05, 0) is 35.2 Å². The molecule has 0 aliphatic heterocycles. The molecule has 0 spiro atoms. The Morgan fingerprint density at radius 2 is 1.85 bits per heavy atom. The lowest BCUT2D eigenvalue weighted by Crippen LogP contribution is -2.09. The molecule has 4 nitrogen and oxygen atoms in total. The van der Waals surface area contributed by atoms with Gasteiger partial charge in [0.1, 0.15) is 0 Å². The molecule has 3 aromatic rings. The van der Waals surface area contributed by atoms with Gasteiger partial charge in [0.25, 0.3) is 0 Å². The van der Waals surface area contributed by atoms with Crippen molar-refractivity contribution in [3.8, 4) is 11.3 Å². The van der Waals surface area contributed by atoms with E-state index in [0.717, 1.165) is 23.4 Å². The molecule has 0 unspecified atom stereocenters. The van der Waals surface area contributed by atoms with Crippen molar-refractivity contribution in [1.29, 1.82) is 0 Å². The number of aromatic amines is 1. The number of rotatable bonds is 9. The summed E-state index contributed by atoms with van der Waals surface area (Å²) in [6.07, 6.45) is 0. The highest BCUT2D eigenvalue weighted by atomic mass is 16.5. The van der Waals surface area contributed by atoms with Gasteiger partial charge in [-0.25, -0.2) is 0 Å². The van der Waals surface area contributed by atoms with Crippen molar-refractivity contribution in [3.05, 3.63) is 54.1 Å². The summed E-state index contributed by atoms with van der Waals surface area (Å²) in [7, 11) is 1.69. The number of hydrogen-bond acceptors (Lipinski definition) is 3. The topological polar surface area (TPSA) is 46.3 Å². The summed E-state index contributed by atoms with van der Waals surface area (Å²) in [5, 5.41) is 4.78. The maximum absolute atomic E-state index is 5.72. The second-order valence-electron chi connectivity index (χ2n) is 6.98. The zero-order chi connectivity index (χ0) is 18.4. The molecule has 4 heteroatoms. The van der Waals surface area contributed by atoms with Crippen LogP contribution in [0.5, 0.6) is 0 Å². The normalized spacial score (nSPS) is 11.4. The van der Waals surface area contributed by atoms with Gasteiger partial charge in [-0.1, -0.05) is 44.2 Å². The van der Waals surface area contributed by atoms with Gasteiger partial charge in [0, 0.05) is 24.7 Å². The van der Waals surface area contributed by atoms with Crippen LogP contribution in [0.2, 0.25) is 0 Å². The predicted molar refractivity (Wildman–Crippen MR) is 109 cm³/mol. The lowest BCUT2D eigenvalue weighted by molar-refractivity contribution is 0.0617. The molecule has 138 valence electrons. The highest BCUT2D eigenvalue weighted by molar-refractivity contribution is 5.95. The van der Waals surface area contributed by atoms with Crippen LogP contribution in [-0.2, 0) is 16.1 Å². The predicted octanol–water partition coefficient (Wildman–Crippen LogP) is 5.07. The molecule has 26 heavy (non-hydrogen) atoms. The van der Waals surface area contributed by atoms with Crippen molar-refractivity contribution in [2.24, 2.45) is 5.92 Å². The second kappa shape index (κ2) is 8.88. The summed E-state index contributed by atoms with van der Waals surface area (Å²) in [6.45, 7) is 7.16. The summed E-state index contributed by atoms with van der Waals surface area (Å²) in [5.74, 6) is 0.579. The van der Waals surface area contributed by atoms with Gasteiger partial charge in [-0.2, -0.15) is 0 Å². The minimum atomic E-state index is 0.579. The van der Waals surface area contributed by atoms with Crippen LogP contribution >= 0.6 is 0 Å². The average molecular weight is 352 g/mol. The molecule has 1 aromatic heterocycles. The monoisotopic (exact) mass is 352 g/mol. The molecule has 0 fully saturated rings. The fraction of sp³-hybridized carbons (Fsp3) is 0.364. The molecule has 1 heterocycles. The number of nitrogens with one attached hydrogen (secondary N) is 2. The first kappa shape index (κ1) is 18.5. The van der Waals surface area contributed by atoms with Gasteiger partial charge in [-0.15, -0.1) is 0 Å². The van der Waals surface area contributed by atoms with Crippen LogP contribution in [0.25, 0.3) is 22.2 Å². The zero-order valence-electron chi connectivity index (χ0n) is 15.8. The number of H-pyrrole nitrogens is 1. The van der Waals surface area contributed by atoms with E-state index >= 15 is 0 Å². The Kier molecular flexibility index (Phi) is 6.31. The third kappa shape index (κ3) is 4.65. The van der Waals surface area contributed by atoms with Gasteiger partial charge in [0.15, 0.2) is 0 Å². The second-order valence-corrected chi connectivity index (χ2v) is 6.98. The van der Waals surface area contributed by atoms with Crippen molar-refractivity contribution in [1.82, 2.24) is 4.98 Å². The molecule has 0 amide bonds. The number of aromatic nitrogens is 1. The largest absolute Gasteiger partial charge is 0.383 e. The van der Waals surface area contributed by atoms with Gasteiger partial charge in [0.2, 0.25) is 0 Å². The third-order valence-corrected chi connectivity index (χ3v) is 4.27. The van der Waals surface area contributed by atoms with Crippen LogP contribution in [-0.4, -0.2) is 31.9 Å². The van der Waals surface area contributed by atoms with E-state index in [-0.39, 0.29) is 0 Å². The van der Waals surface area contributed by atoms with Crippen molar-refractivity contribution in [2.45, 2.75) is 20.5 Å². The SMILES string of the molecule is COCCOCc1cc(NCC(C)C)c2[nH]c(-c3ccccc3)cc2c1. The lowest BCUT2D eigenvalue weighted by atomic mass is 10.1. The van der Waals surface area contributed by atoms with Gasteiger partial charge in [-0.3, -0.25) is 0 Å². The lowest BCUT2D eigenvalue weighted by Gasteiger charge is -2.12. The summed E-state index contributed by atoms with van der Waals surface area (Å²) < 4.78 is 10.8. The van der Waals surface area contributed by atoms with E-state index in [4.69, 9.17) is 9.47 Å². The quantitative estimate of drug-likeness (QED) is 0.529. The summed E-state index contributed by atoms with van der Waals surface area (Å²) in [6, 6.07) is 17.0. The van der Waals surface area contributed by atoms with Crippen LogP contribution in [0.1, 0.15) is 19.4 Å². The third-order valence-electron chi connectivity index (χ3n) is 4.27. The van der Waals surface area contributed by atoms with Gasteiger partial charge in [0.05, 0.1) is 31.0 Å². The van der Waals surface area contributed by atoms with E-state index in [1.54, 1.807) is 7.11 Å². The molecule has 0 saturated carbocycles. The molecule has 2 N–H and O–H groups in total. The van der Waals surface area contributed by atoms with E-state index in [9.17, 15) is 0 Å². The Hall–Kier alpha value is -2.30. The maximum atomic E-state index is 5.72. The van der Waals surface area contributed by atoms with Crippen LogP contribution in [0.15, 0.2) is 48.5 Å². The Balaban J connectivity index is 1.92. The highest BCUT2D eigenvalue weighted by Crippen LogP contribution is 2.30. The van der Waals surface area contributed by atoms with E-state index in [2.05, 4.69) is 66.6 Å². The Morgan fingerprint density at radius 1 is 1.04 bits per heavy atom. The average Bonchev–Trinajstić information content (AvgIpc) is 3.08. The van der Waals surface area contributed by atoms with E-state index < -0.39 is 0 Å².